The van der Waals surface area contributed by atoms with E-state index in [-0.39, 0.29) is 11.7 Å². The number of benzene rings is 1. The summed E-state index contributed by atoms with van der Waals surface area (Å²) in [5, 5.41) is 10.8. The molecule has 0 aliphatic carbocycles. The smallest absolute Gasteiger partial charge is 0.287 e. The molecule has 0 aliphatic heterocycles. The van der Waals surface area contributed by atoms with Gasteiger partial charge in [0.25, 0.3) is 5.91 Å². The molecule has 3 aromatic rings. The van der Waals surface area contributed by atoms with E-state index in [9.17, 15) is 4.79 Å². The number of furan rings is 1. The van der Waals surface area contributed by atoms with Crippen molar-refractivity contribution >= 4 is 5.91 Å². The number of hydrogen-bond acceptors (Lipinski definition) is 4. The molecule has 124 valence electrons. The van der Waals surface area contributed by atoms with Crippen molar-refractivity contribution in [1.29, 1.82) is 0 Å². The summed E-state index contributed by atoms with van der Waals surface area (Å²) >= 11 is 0. The molecule has 6 heteroatoms. The van der Waals surface area contributed by atoms with Gasteiger partial charge < -0.3 is 14.3 Å². The summed E-state index contributed by atoms with van der Waals surface area (Å²) in [6, 6.07) is 11.6. The second kappa shape index (κ2) is 6.70. The van der Waals surface area contributed by atoms with Gasteiger partial charge in [-0.1, -0.05) is 31.2 Å². The van der Waals surface area contributed by atoms with Gasteiger partial charge in [-0.3, -0.25) is 4.79 Å². The molecule has 0 saturated heterocycles. The zero-order chi connectivity index (χ0) is 17.1. The minimum atomic E-state index is -0.271. The molecule has 0 radical (unpaired) electrons. The van der Waals surface area contributed by atoms with Crippen LogP contribution in [0.15, 0.2) is 40.8 Å². The van der Waals surface area contributed by atoms with Crippen molar-refractivity contribution in [3.05, 3.63) is 59.4 Å². The van der Waals surface area contributed by atoms with Gasteiger partial charge in [0.1, 0.15) is 11.6 Å². The fraction of sp³-hybridized carbons (Fsp3) is 0.278. The minimum absolute atomic E-state index is 0.271. The minimum Gasteiger partial charge on any atom is -0.451 e. The van der Waals surface area contributed by atoms with Crippen LogP contribution in [0.5, 0.6) is 0 Å². The number of carbonyl (C=O) groups excluding carboxylic acids is 1. The topological polar surface area (TPSA) is 73.0 Å². The van der Waals surface area contributed by atoms with Gasteiger partial charge in [-0.15, -0.1) is 10.2 Å². The van der Waals surface area contributed by atoms with Gasteiger partial charge in [0.2, 0.25) is 0 Å². The number of carbonyl (C=O) groups is 1. The Hall–Kier alpha value is -2.89. The van der Waals surface area contributed by atoms with Crippen LogP contribution in [0.4, 0.5) is 0 Å². The molecule has 1 N–H and O–H groups in total. The molecule has 2 heterocycles. The molecule has 24 heavy (non-hydrogen) atoms. The van der Waals surface area contributed by atoms with Crippen LogP contribution in [-0.4, -0.2) is 20.7 Å². The van der Waals surface area contributed by atoms with Crippen LogP contribution in [0, 0.1) is 6.92 Å². The summed E-state index contributed by atoms with van der Waals surface area (Å²) in [5.41, 5.74) is 2.22. The fourth-order valence-electron chi connectivity index (χ4n) is 2.37. The van der Waals surface area contributed by atoms with Gasteiger partial charge in [-0.2, -0.15) is 0 Å². The van der Waals surface area contributed by atoms with Crippen LogP contribution >= 0.6 is 0 Å². The summed E-state index contributed by atoms with van der Waals surface area (Å²) in [6.07, 6.45) is 0.994. The fourth-order valence-corrected chi connectivity index (χ4v) is 2.37. The predicted octanol–water partition coefficient (Wildman–Crippen LogP) is 2.88. The highest BCUT2D eigenvalue weighted by atomic mass is 16.3. The standard InChI is InChI=1S/C18H20N4O2/c1-4-13-5-7-14(8-6-13)15-9-10-16(24-15)18(23)19-11-17-21-20-12(2)22(17)3/h5-10H,4,11H2,1-3H3,(H,19,23). The first-order chi connectivity index (χ1) is 11.6. The molecule has 2 aromatic heterocycles. The lowest BCUT2D eigenvalue weighted by molar-refractivity contribution is 0.0922. The second-order valence-corrected chi connectivity index (χ2v) is 5.62. The van der Waals surface area contributed by atoms with Gasteiger partial charge in [0.05, 0.1) is 6.54 Å². The van der Waals surface area contributed by atoms with Crippen molar-refractivity contribution in [3.8, 4) is 11.3 Å². The van der Waals surface area contributed by atoms with E-state index in [2.05, 4.69) is 34.6 Å². The Morgan fingerprint density at radius 3 is 2.54 bits per heavy atom. The molecule has 1 aromatic carbocycles. The van der Waals surface area contributed by atoms with Gasteiger partial charge in [-0.05, 0) is 31.0 Å². The number of nitrogens with zero attached hydrogens (tertiary/aromatic N) is 3. The number of aryl methyl sites for hydroxylation is 2. The Morgan fingerprint density at radius 1 is 1.17 bits per heavy atom. The van der Waals surface area contributed by atoms with E-state index in [0.717, 1.165) is 17.8 Å². The quantitative estimate of drug-likeness (QED) is 0.783. The van der Waals surface area contributed by atoms with E-state index in [1.165, 1.54) is 5.56 Å². The van der Waals surface area contributed by atoms with E-state index >= 15 is 0 Å². The van der Waals surface area contributed by atoms with E-state index in [4.69, 9.17) is 4.42 Å². The van der Waals surface area contributed by atoms with Gasteiger partial charge in [0.15, 0.2) is 11.6 Å². The lowest BCUT2D eigenvalue weighted by Gasteiger charge is -2.03. The average Bonchev–Trinajstić information content (AvgIpc) is 3.22. The molecular formula is C18H20N4O2. The Balaban J connectivity index is 1.68. The molecule has 6 nitrogen and oxygen atoms in total. The highest BCUT2D eigenvalue weighted by Crippen LogP contribution is 2.22. The summed E-state index contributed by atoms with van der Waals surface area (Å²) in [4.78, 5) is 12.2. The first kappa shape index (κ1) is 16.0. The maximum atomic E-state index is 12.2. The molecule has 0 unspecified atom stereocenters. The average molecular weight is 324 g/mol. The van der Waals surface area contributed by atoms with Crippen molar-refractivity contribution in [2.24, 2.45) is 7.05 Å². The zero-order valence-corrected chi connectivity index (χ0v) is 14.0. The Morgan fingerprint density at radius 2 is 1.92 bits per heavy atom. The number of amides is 1. The summed E-state index contributed by atoms with van der Waals surface area (Å²) < 4.78 is 7.51. The van der Waals surface area contributed by atoms with Crippen molar-refractivity contribution in [3.63, 3.8) is 0 Å². The van der Waals surface area contributed by atoms with E-state index in [1.807, 2.05) is 36.7 Å². The Bertz CT molecular complexity index is 846. The normalized spacial score (nSPS) is 10.8. The first-order valence-corrected chi connectivity index (χ1v) is 7.90. The van der Waals surface area contributed by atoms with Crippen LogP contribution in [0.2, 0.25) is 0 Å². The third-order valence-corrected chi connectivity index (χ3v) is 4.07. The second-order valence-electron chi connectivity index (χ2n) is 5.62. The molecule has 3 rings (SSSR count). The van der Waals surface area contributed by atoms with E-state index in [0.29, 0.717) is 18.1 Å². The lowest BCUT2D eigenvalue weighted by atomic mass is 10.1. The first-order valence-electron chi connectivity index (χ1n) is 7.90. The molecule has 1 amide bonds. The zero-order valence-electron chi connectivity index (χ0n) is 14.0. The number of rotatable bonds is 5. The number of hydrogen-bond donors (Lipinski definition) is 1. The third-order valence-electron chi connectivity index (χ3n) is 4.07. The summed E-state index contributed by atoms with van der Waals surface area (Å²) in [7, 11) is 1.86. The lowest BCUT2D eigenvalue weighted by Crippen LogP contribution is -2.24. The van der Waals surface area contributed by atoms with Gasteiger partial charge >= 0.3 is 0 Å². The maximum Gasteiger partial charge on any atom is 0.287 e. The van der Waals surface area contributed by atoms with Crippen LogP contribution < -0.4 is 5.32 Å². The highest BCUT2D eigenvalue weighted by molar-refractivity contribution is 5.91. The monoisotopic (exact) mass is 324 g/mol. The van der Waals surface area contributed by atoms with Gasteiger partial charge in [-0.25, -0.2) is 0 Å². The molecule has 0 saturated carbocycles. The number of nitrogens with one attached hydrogen (secondary N) is 1. The highest BCUT2D eigenvalue weighted by Gasteiger charge is 2.13. The molecule has 0 spiro atoms. The summed E-state index contributed by atoms with van der Waals surface area (Å²) in [5.74, 6) is 2.19. The third kappa shape index (κ3) is 3.22. The van der Waals surface area contributed by atoms with Crippen LogP contribution in [0.3, 0.4) is 0 Å². The van der Waals surface area contributed by atoms with Crippen molar-refractivity contribution in [1.82, 2.24) is 20.1 Å². The van der Waals surface area contributed by atoms with E-state index in [1.54, 1.807) is 6.07 Å². The van der Waals surface area contributed by atoms with Crippen LogP contribution in [0.25, 0.3) is 11.3 Å². The largest absolute Gasteiger partial charge is 0.451 e. The van der Waals surface area contributed by atoms with Crippen molar-refractivity contribution < 1.29 is 9.21 Å². The summed E-state index contributed by atoms with van der Waals surface area (Å²) in [6.45, 7) is 4.28. The molecule has 0 aliphatic rings. The van der Waals surface area contributed by atoms with E-state index < -0.39 is 0 Å². The molecule has 0 fully saturated rings. The van der Waals surface area contributed by atoms with Crippen molar-refractivity contribution in [2.75, 3.05) is 0 Å². The Labute approximate surface area is 140 Å². The van der Waals surface area contributed by atoms with Crippen LogP contribution in [-0.2, 0) is 20.0 Å². The Kier molecular flexibility index (Phi) is 4.46. The SMILES string of the molecule is CCc1ccc(-c2ccc(C(=O)NCc3nnc(C)n3C)o2)cc1. The molecular weight excluding hydrogens is 304 g/mol. The van der Waals surface area contributed by atoms with Crippen LogP contribution in [0.1, 0.15) is 34.7 Å². The number of aromatic nitrogens is 3. The van der Waals surface area contributed by atoms with Gasteiger partial charge in [0, 0.05) is 12.6 Å². The predicted molar refractivity (Wildman–Crippen MR) is 90.4 cm³/mol. The van der Waals surface area contributed by atoms with Crippen molar-refractivity contribution in [2.45, 2.75) is 26.8 Å². The molecule has 0 atom stereocenters. The molecule has 0 bridgehead atoms. The maximum absolute atomic E-state index is 12.2.